The third kappa shape index (κ3) is 1.97. The van der Waals surface area contributed by atoms with E-state index >= 15 is 0 Å². The van der Waals surface area contributed by atoms with E-state index in [2.05, 4.69) is 15.1 Å². The molecule has 0 aromatic carbocycles. The van der Waals surface area contributed by atoms with Crippen LogP contribution < -0.4 is 0 Å². The Hall–Kier alpha value is -1.54. The van der Waals surface area contributed by atoms with Gasteiger partial charge in [0.2, 0.25) is 0 Å². The number of halogens is 1. The van der Waals surface area contributed by atoms with Crippen molar-refractivity contribution in [3.63, 3.8) is 0 Å². The summed E-state index contributed by atoms with van der Waals surface area (Å²) in [6.45, 7) is 3.64. The zero-order valence-electron chi connectivity index (χ0n) is 12.1. The Kier molecular flexibility index (Phi) is 3.02. The summed E-state index contributed by atoms with van der Waals surface area (Å²) < 4.78 is 13.6. The lowest BCUT2D eigenvalue weighted by molar-refractivity contribution is -0.148. The van der Waals surface area contributed by atoms with Gasteiger partial charge in [-0.25, -0.2) is 14.6 Å². The van der Waals surface area contributed by atoms with Crippen molar-refractivity contribution in [1.82, 2.24) is 19.7 Å². The second-order valence-corrected chi connectivity index (χ2v) is 6.26. The minimum atomic E-state index is -0.697. The molecule has 0 bridgehead atoms. The van der Waals surface area contributed by atoms with Crippen LogP contribution in [-0.2, 0) is 9.47 Å². The van der Waals surface area contributed by atoms with Gasteiger partial charge < -0.3 is 14.6 Å². The normalized spacial score (nSPS) is 29.8. The number of aromatic nitrogens is 4. The summed E-state index contributed by atoms with van der Waals surface area (Å²) in [5.74, 6) is -0.697. The molecule has 1 saturated heterocycles. The number of nitrogens with zero attached hydrogens (tertiary/aromatic N) is 4. The summed E-state index contributed by atoms with van der Waals surface area (Å²) >= 11 is 6.07. The van der Waals surface area contributed by atoms with E-state index in [1.54, 1.807) is 10.9 Å². The third-order valence-electron chi connectivity index (χ3n) is 4.02. The van der Waals surface area contributed by atoms with Crippen LogP contribution in [0.4, 0.5) is 0 Å². The highest BCUT2D eigenvalue weighted by atomic mass is 35.5. The molecule has 0 amide bonds. The maximum atomic E-state index is 9.58. The first-order valence-corrected chi connectivity index (χ1v) is 7.39. The number of ether oxygens (including phenoxy) is 2. The van der Waals surface area contributed by atoms with Gasteiger partial charge >= 0.3 is 0 Å². The Balaban J connectivity index is 1.81. The Morgan fingerprint density at radius 2 is 2.18 bits per heavy atom. The molecule has 1 aliphatic carbocycles. The number of fused-ring (bicyclic) bond motifs is 2. The van der Waals surface area contributed by atoms with E-state index in [-0.39, 0.29) is 24.9 Å². The van der Waals surface area contributed by atoms with Crippen molar-refractivity contribution in [2.24, 2.45) is 0 Å². The first-order valence-electron chi connectivity index (χ1n) is 7.01. The zero-order chi connectivity index (χ0) is 15.5. The van der Waals surface area contributed by atoms with Gasteiger partial charge in [-0.05, 0) is 19.4 Å². The number of hydrogen-bond donors (Lipinski definition) is 1. The van der Waals surface area contributed by atoms with E-state index in [1.807, 2.05) is 19.9 Å². The van der Waals surface area contributed by atoms with Crippen molar-refractivity contribution in [1.29, 1.82) is 0 Å². The summed E-state index contributed by atoms with van der Waals surface area (Å²) in [5.41, 5.74) is 1.43. The molecule has 3 heterocycles. The smallest absolute Gasteiger partial charge is 0.164 e. The van der Waals surface area contributed by atoms with E-state index in [0.717, 1.165) is 5.57 Å². The third-order valence-corrected chi connectivity index (χ3v) is 4.32. The molecule has 0 saturated carbocycles. The van der Waals surface area contributed by atoms with Gasteiger partial charge in [-0.1, -0.05) is 17.7 Å². The van der Waals surface area contributed by atoms with E-state index in [9.17, 15) is 5.11 Å². The maximum Gasteiger partial charge on any atom is 0.164 e. The molecule has 3 atom stereocenters. The number of aliphatic hydroxyl groups is 1. The lowest BCUT2D eigenvalue weighted by atomic mass is 10.1. The second kappa shape index (κ2) is 4.73. The van der Waals surface area contributed by atoms with Crippen molar-refractivity contribution in [3.8, 4) is 0 Å². The fourth-order valence-corrected chi connectivity index (χ4v) is 3.32. The largest absolute Gasteiger partial charge is 0.392 e. The number of rotatable bonds is 2. The van der Waals surface area contributed by atoms with E-state index in [1.165, 1.54) is 6.33 Å². The topological polar surface area (TPSA) is 82.3 Å². The second-order valence-electron chi connectivity index (χ2n) is 5.90. The molecule has 0 spiro atoms. The van der Waals surface area contributed by atoms with Gasteiger partial charge in [-0.2, -0.15) is 5.10 Å². The quantitative estimate of drug-likeness (QED) is 0.666. The van der Waals surface area contributed by atoms with Crippen LogP contribution in [0.15, 0.2) is 24.2 Å². The van der Waals surface area contributed by atoms with Gasteiger partial charge in [-0.3, -0.25) is 0 Å². The van der Waals surface area contributed by atoms with Crippen molar-refractivity contribution in [2.75, 3.05) is 6.61 Å². The molecule has 0 radical (unpaired) electrons. The van der Waals surface area contributed by atoms with Crippen LogP contribution in [0.25, 0.3) is 11.0 Å². The van der Waals surface area contributed by atoms with Crippen LogP contribution in [0.3, 0.4) is 0 Å². The summed E-state index contributed by atoms with van der Waals surface area (Å²) in [4.78, 5) is 8.22. The molecular formula is C14H15ClN4O3. The average Bonchev–Trinajstić information content (AvgIpc) is 3.10. The minimum Gasteiger partial charge on any atom is -0.392 e. The van der Waals surface area contributed by atoms with Crippen molar-refractivity contribution >= 4 is 22.6 Å². The lowest BCUT2D eigenvalue weighted by Gasteiger charge is -2.21. The van der Waals surface area contributed by atoms with Gasteiger partial charge in [0, 0.05) is 0 Å². The molecule has 1 N–H and O–H groups in total. The molecule has 1 aliphatic heterocycles. The Morgan fingerprint density at radius 3 is 2.95 bits per heavy atom. The highest BCUT2D eigenvalue weighted by Gasteiger charge is 2.51. The van der Waals surface area contributed by atoms with Crippen LogP contribution >= 0.6 is 11.6 Å². The zero-order valence-corrected chi connectivity index (χ0v) is 12.9. The van der Waals surface area contributed by atoms with Gasteiger partial charge in [0.15, 0.2) is 11.4 Å². The molecule has 7 nitrogen and oxygen atoms in total. The van der Waals surface area contributed by atoms with Crippen LogP contribution in [0.2, 0.25) is 5.15 Å². The lowest BCUT2D eigenvalue weighted by Crippen LogP contribution is -2.28. The van der Waals surface area contributed by atoms with E-state index in [4.69, 9.17) is 21.1 Å². The first kappa shape index (κ1) is 14.1. The van der Waals surface area contributed by atoms with Gasteiger partial charge in [0.1, 0.15) is 29.7 Å². The highest BCUT2D eigenvalue weighted by Crippen LogP contribution is 2.43. The molecule has 2 aliphatic rings. The van der Waals surface area contributed by atoms with Gasteiger partial charge in [-0.15, -0.1) is 0 Å². The maximum absolute atomic E-state index is 9.58. The molecule has 1 fully saturated rings. The van der Waals surface area contributed by atoms with Crippen LogP contribution in [-0.4, -0.2) is 49.5 Å². The fraction of sp³-hybridized carbons (Fsp3) is 0.500. The Labute approximate surface area is 131 Å². The monoisotopic (exact) mass is 322 g/mol. The Morgan fingerprint density at radius 1 is 1.36 bits per heavy atom. The fourth-order valence-electron chi connectivity index (χ4n) is 3.14. The van der Waals surface area contributed by atoms with Crippen molar-refractivity contribution in [2.45, 2.75) is 37.9 Å². The Bertz CT molecular complexity index is 773. The summed E-state index contributed by atoms with van der Waals surface area (Å²) in [6.07, 6.45) is 4.43. The first-order chi connectivity index (χ1) is 10.5. The van der Waals surface area contributed by atoms with Crippen LogP contribution in [0.1, 0.15) is 19.9 Å². The highest BCUT2D eigenvalue weighted by molar-refractivity contribution is 6.33. The predicted octanol–water partition coefficient (Wildman–Crippen LogP) is 1.47. The van der Waals surface area contributed by atoms with E-state index < -0.39 is 5.79 Å². The molecular weight excluding hydrogens is 308 g/mol. The average molecular weight is 323 g/mol. The standard InChI is InChI=1S/C14H15ClN4O3/c1-14(2)21-10-7(5-20)3-9(11(10)22-14)19-13-8(4-18-19)12(15)16-6-17-13/h3-4,6,9-11,20H,5H2,1-2H3/t9-,10-,11+/m1/s1. The van der Waals surface area contributed by atoms with Crippen LogP contribution in [0.5, 0.6) is 0 Å². The van der Waals surface area contributed by atoms with Crippen molar-refractivity contribution in [3.05, 3.63) is 29.3 Å². The minimum absolute atomic E-state index is 0.0773. The molecule has 8 heteroatoms. The van der Waals surface area contributed by atoms with Gasteiger partial charge in [0.25, 0.3) is 0 Å². The molecule has 2 aromatic rings. The summed E-state index contributed by atoms with van der Waals surface area (Å²) in [7, 11) is 0. The molecule has 0 unspecified atom stereocenters. The van der Waals surface area contributed by atoms with Crippen LogP contribution in [0, 0.1) is 0 Å². The SMILES string of the molecule is CC1(C)O[C@@H]2[C@H](O1)C(CO)=C[C@H]2n1ncc2c(Cl)ncnc21. The van der Waals surface area contributed by atoms with Crippen molar-refractivity contribution < 1.29 is 14.6 Å². The molecule has 116 valence electrons. The molecule has 22 heavy (non-hydrogen) atoms. The molecule has 2 aromatic heterocycles. The molecule has 4 rings (SSSR count). The number of hydrogen-bond acceptors (Lipinski definition) is 6. The summed E-state index contributed by atoms with van der Waals surface area (Å²) in [5, 5.41) is 15.0. The number of aliphatic hydroxyl groups excluding tert-OH is 1. The summed E-state index contributed by atoms with van der Waals surface area (Å²) in [6, 6.07) is -0.211. The predicted molar refractivity (Wildman–Crippen MR) is 78.4 cm³/mol. The van der Waals surface area contributed by atoms with Gasteiger partial charge in [0.05, 0.1) is 18.2 Å². The van der Waals surface area contributed by atoms with E-state index in [0.29, 0.717) is 16.2 Å².